The molecule has 60 valence electrons. The van der Waals surface area contributed by atoms with Crippen LogP contribution in [0.2, 0.25) is 0 Å². The van der Waals surface area contributed by atoms with Crippen molar-refractivity contribution in [2.75, 3.05) is 0 Å². The molecule has 1 aromatic heterocycles. The molecule has 0 bridgehead atoms. The molecule has 0 aliphatic rings. The van der Waals surface area contributed by atoms with Gasteiger partial charge in [-0.2, -0.15) is 0 Å². The fourth-order valence-corrected chi connectivity index (χ4v) is 0.956. The molecule has 0 aliphatic carbocycles. The maximum Gasteiger partial charge on any atom is 0.107 e. The first-order chi connectivity index (χ1) is 5.36. The topological polar surface area (TPSA) is 13.1 Å². The molecular formula is C10H14O. The molecule has 0 aliphatic heterocycles. The summed E-state index contributed by atoms with van der Waals surface area (Å²) in [6, 6.07) is 4.08. The number of hydrogen-bond donors (Lipinski definition) is 0. The highest BCUT2D eigenvalue weighted by atomic mass is 16.3. The monoisotopic (exact) mass is 150 g/mol. The van der Waals surface area contributed by atoms with Gasteiger partial charge < -0.3 is 4.42 Å². The lowest BCUT2D eigenvalue weighted by Gasteiger charge is -1.88. The first kappa shape index (κ1) is 8.12. The van der Waals surface area contributed by atoms with Gasteiger partial charge >= 0.3 is 0 Å². The van der Waals surface area contributed by atoms with Gasteiger partial charge in [0.2, 0.25) is 0 Å². The van der Waals surface area contributed by atoms with E-state index in [2.05, 4.69) is 13.0 Å². The van der Waals surface area contributed by atoms with Crippen LogP contribution in [0.4, 0.5) is 0 Å². The van der Waals surface area contributed by atoms with Gasteiger partial charge in [0.05, 0.1) is 0 Å². The Kier molecular flexibility index (Phi) is 2.96. The lowest BCUT2D eigenvalue weighted by Crippen LogP contribution is -1.74. The molecule has 0 amide bonds. The predicted octanol–water partition coefficient (Wildman–Crippen LogP) is 2.96. The summed E-state index contributed by atoms with van der Waals surface area (Å²) in [6.07, 6.45) is 6.03. The molecule has 1 nitrogen and oxygen atoms in total. The van der Waals surface area contributed by atoms with Crippen LogP contribution in [0.3, 0.4) is 0 Å². The minimum atomic E-state index is 0.913. The molecule has 0 saturated heterocycles. The van der Waals surface area contributed by atoms with Crippen LogP contribution in [0.5, 0.6) is 0 Å². The van der Waals surface area contributed by atoms with Crippen LogP contribution < -0.4 is 0 Å². The van der Waals surface area contributed by atoms with E-state index in [-0.39, 0.29) is 0 Å². The van der Waals surface area contributed by atoms with Gasteiger partial charge in [-0.05, 0) is 19.1 Å². The second kappa shape index (κ2) is 4.02. The SMILES string of the molecule is C/C=C/Cc1ccc(CC)o1. The Morgan fingerprint density at radius 1 is 1.36 bits per heavy atom. The summed E-state index contributed by atoms with van der Waals surface area (Å²) in [5.74, 6) is 2.13. The van der Waals surface area contributed by atoms with E-state index in [1.807, 2.05) is 25.1 Å². The van der Waals surface area contributed by atoms with E-state index in [0.717, 1.165) is 24.4 Å². The maximum absolute atomic E-state index is 5.48. The van der Waals surface area contributed by atoms with Gasteiger partial charge in [0.1, 0.15) is 11.5 Å². The summed E-state index contributed by atoms with van der Waals surface area (Å²) in [6.45, 7) is 4.11. The largest absolute Gasteiger partial charge is 0.466 e. The van der Waals surface area contributed by atoms with Crippen molar-refractivity contribution in [1.29, 1.82) is 0 Å². The van der Waals surface area contributed by atoms with Crippen LogP contribution >= 0.6 is 0 Å². The van der Waals surface area contributed by atoms with Gasteiger partial charge in [0.25, 0.3) is 0 Å². The second-order valence-electron chi connectivity index (χ2n) is 2.49. The summed E-state index contributed by atoms with van der Waals surface area (Å²) >= 11 is 0. The molecule has 0 N–H and O–H groups in total. The zero-order valence-electron chi connectivity index (χ0n) is 7.13. The summed E-state index contributed by atoms with van der Waals surface area (Å²) < 4.78 is 5.48. The van der Waals surface area contributed by atoms with Crippen molar-refractivity contribution >= 4 is 0 Å². The van der Waals surface area contributed by atoms with Crippen molar-refractivity contribution in [2.45, 2.75) is 26.7 Å². The van der Waals surface area contributed by atoms with E-state index in [0.29, 0.717) is 0 Å². The Morgan fingerprint density at radius 2 is 2.09 bits per heavy atom. The van der Waals surface area contributed by atoms with Crippen LogP contribution in [-0.2, 0) is 12.8 Å². The third-order valence-electron chi connectivity index (χ3n) is 1.62. The molecule has 1 aromatic rings. The smallest absolute Gasteiger partial charge is 0.107 e. The van der Waals surface area contributed by atoms with Crippen molar-refractivity contribution in [3.63, 3.8) is 0 Å². The van der Waals surface area contributed by atoms with Crippen molar-refractivity contribution in [3.8, 4) is 0 Å². The fourth-order valence-electron chi connectivity index (χ4n) is 0.956. The molecule has 0 radical (unpaired) electrons. The summed E-state index contributed by atoms with van der Waals surface area (Å²) in [7, 11) is 0. The molecule has 0 saturated carbocycles. The van der Waals surface area contributed by atoms with Crippen LogP contribution in [0.25, 0.3) is 0 Å². The quantitative estimate of drug-likeness (QED) is 0.604. The molecular weight excluding hydrogens is 136 g/mol. The van der Waals surface area contributed by atoms with Crippen molar-refractivity contribution < 1.29 is 4.42 Å². The molecule has 0 fully saturated rings. The van der Waals surface area contributed by atoms with Gasteiger partial charge in [0.15, 0.2) is 0 Å². The summed E-state index contributed by atoms with van der Waals surface area (Å²) in [5.41, 5.74) is 0. The highest BCUT2D eigenvalue weighted by Gasteiger charge is 1.96. The van der Waals surface area contributed by atoms with Gasteiger partial charge in [-0.25, -0.2) is 0 Å². The summed E-state index contributed by atoms with van der Waals surface area (Å²) in [5, 5.41) is 0. The minimum absolute atomic E-state index is 0.913. The Morgan fingerprint density at radius 3 is 2.64 bits per heavy atom. The lowest BCUT2D eigenvalue weighted by atomic mass is 10.3. The molecule has 11 heavy (non-hydrogen) atoms. The van der Waals surface area contributed by atoms with Gasteiger partial charge in [-0.15, -0.1) is 0 Å². The maximum atomic E-state index is 5.48. The standard InChI is InChI=1S/C10H14O/c1-3-5-6-10-8-7-9(4-2)11-10/h3,5,7-8H,4,6H2,1-2H3/b5-3+. The molecule has 0 unspecified atom stereocenters. The van der Waals surface area contributed by atoms with E-state index in [4.69, 9.17) is 4.42 Å². The third-order valence-corrected chi connectivity index (χ3v) is 1.62. The highest BCUT2D eigenvalue weighted by molar-refractivity contribution is 5.09. The average molecular weight is 150 g/mol. The minimum Gasteiger partial charge on any atom is -0.466 e. The number of aryl methyl sites for hydroxylation is 1. The van der Waals surface area contributed by atoms with E-state index in [1.54, 1.807) is 0 Å². The Balaban J connectivity index is 2.58. The zero-order chi connectivity index (χ0) is 8.10. The van der Waals surface area contributed by atoms with E-state index in [1.165, 1.54) is 0 Å². The van der Waals surface area contributed by atoms with Crippen molar-refractivity contribution in [1.82, 2.24) is 0 Å². The average Bonchev–Trinajstić information content (AvgIpc) is 2.48. The van der Waals surface area contributed by atoms with E-state index >= 15 is 0 Å². The van der Waals surface area contributed by atoms with Crippen LogP contribution in [0, 0.1) is 0 Å². The Labute approximate surface area is 67.7 Å². The van der Waals surface area contributed by atoms with Gasteiger partial charge in [-0.3, -0.25) is 0 Å². The van der Waals surface area contributed by atoms with Crippen LogP contribution in [0.1, 0.15) is 25.4 Å². The summed E-state index contributed by atoms with van der Waals surface area (Å²) in [4.78, 5) is 0. The Hall–Kier alpha value is -0.980. The first-order valence-electron chi connectivity index (χ1n) is 4.05. The molecule has 1 heteroatoms. The number of furan rings is 1. The van der Waals surface area contributed by atoms with Crippen LogP contribution in [-0.4, -0.2) is 0 Å². The molecule has 1 rings (SSSR count). The number of rotatable bonds is 3. The number of hydrogen-bond acceptors (Lipinski definition) is 1. The molecule has 0 aromatic carbocycles. The van der Waals surface area contributed by atoms with Crippen LogP contribution in [0.15, 0.2) is 28.7 Å². The highest BCUT2D eigenvalue weighted by Crippen LogP contribution is 2.08. The third kappa shape index (κ3) is 2.26. The Bertz CT molecular complexity index is 233. The normalized spacial score (nSPS) is 11.1. The lowest BCUT2D eigenvalue weighted by molar-refractivity contribution is 0.479. The van der Waals surface area contributed by atoms with E-state index in [9.17, 15) is 0 Å². The predicted molar refractivity (Wildman–Crippen MR) is 46.6 cm³/mol. The van der Waals surface area contributed by atoms with E-state index < -0.39 is 0 Å². The number of allylic oxidation sites excluding steroid dienone is 2. The molecule has 0 spiro atoms. The second-order valence-corrected chi connectivity index (χ2v) is 2.49. The van der Waals surface area contributed by atoms with Crippen molar-refractivity contribution in [2.24, 2.45) is 0 Å². The van der Waals surface area contributed by atoms with Gasteiger partial charge in [-0.1, -0.05) is 19.1 Å². The first-order valence-corrected chi connectivity index (χ1v) is 4.05. The molecule has 1 heterocycles. The van der Waals surface area contributed by atoms with Crippen molar-refractivity contribution in [3.05, 3.63) is 35.8 Å². The van der Waals surface area contributed by atoms with Gasteiger partial charge in [0, 0.05) is 12.8 Å². The fraction of sp³-hybridized carbons (Fsp3) is 0.400. The zero-order valence-corrected chi connectivity index (χ0v) is 7.13. The molecule has 0 atom stereocenters.